The lowest BCUT2D eigenvalue weighted by molar-refractivity contribution is -0.141. The normalized spacial score (nSPS) is 22.6. The van der Waals surface area contributed by atoms with Gasteiger partial charge in [-0.25, -0.2) is 0 Å². The Kier molecular flexibility index (Phi) is 5.84. The van der Waals surface area contributed by atoms with Crippen LogP contribution in [0.15, 0.2) is 0 Å². The zero-order valence-corrected chi connectivity index (χ0v) is 13.9. The minimum absolute atomic E-state index is 0.0178. The van der Waals surface area contributed by atoms with E-state index < -0.39 is 5.60 Å². The van der Waals surface area contributed by atoms with Gasteiger partial charge in [0, 0.05) is 25.0 Å². The van der Waals surface area contributed by atoms with Crippen molar-refractivity contribution < 1.29 is 14.7 Å². The molecule has 0 unspecified atom stereocenters. The third-order valence-electron chi connectivity index (χ3n) is 4.91. The Balaban J connectivity index is 1.78. The van der Waals surface area contributed by atoms with E-state index >= 15 is 0 Å². The molecule has 1 saturated carbocycles. The third kappa shape index (κ3) is 4.70. The highest BCUT2D eigenvalue weighted by Gasteiger charge is 2.35. The molecule has 2 rings (SSSR count). The summed E-state index contributed by atoms with van der Waals surface area (Å²) in [5.41, 5.74) is -0.790. The van der Waals surface area contributed by atoms with Crippen LogP contribution in [0.1, 0.15) is 65.2 Å². The van der Waals surface area contributed by atoms with Gasteiger partial charge in [-0.2, -0.15) is 0 Å². The van der Waals surface area contributed by atoms with Gasteiger partial charge in [0.15, 0.2) is 0 Å². The minimum Gasteiger partial charge on any atom is -0.389 e. The van der Waals surface area contributed by atoms with Crippen LogP contribution in [-0.2, 0) is 9.59 Å². The molecule has 0 radical (unpaired) electrons. The third-order valence-corrected chi connectivity index (χ3v) is 4.91. The standard InChI is InChI=1S/C17H30N2O3/c1-13(2)18-16(21)14-6-10-19(11-7-14)15(20)12-17(22)8-4-3-5-9-17/h13-14,22H,3-12H2,1-2H3,(H,18,21). The zero-order chi connectivity index (χ0) is 16.2. The van der Waals surface area contributed by atoms with E-state index in [1.54, 1.807) is 0 Å². The molecule has 1 saturated heterocycles. The van der Waals surface area contributed by atoms with Crippen LogP contribution in [0.5, 0.6) is 0 Å². The van der Waals surface area contributed by atoms with Crippen LogP contribution in [-0.4, -0.2) is 46.6 Å². The molecule has 0 bridgehead atoms. The minimum atomic E-state index is -0.790. The monoisotopic (exact) mass is 310 g/mol. The SMILES string of the molecule is CC(C)NC(=O)C1CCN(C(=O)CC2(O)CCCCC2)CC1. The maximum absolute atomic E-state index is 12.4. The number of rotatable bonds is 4. The molecule has 1 aliphatic carbocycles. The van der Waals surface area contributed by atoms with Gasteiger partial charge in [0.05, 0.1) is 12.0 Å². The average Bonchev–Trinajstić information content (AvgIpc) is 2.47. The van der Waals surface area contributed by atoms with Gasteiger partial charge in [-0.3, -0.25) is 9.59 Å². The Labute approximate surface area is 133 Å². The van der Waals surface area contributed by atoms with Crippen molar-refractivity contribution in [1.29, 1.82) is 0 Å². The number of piperidine rings is 1. The molecule has 126 valence electrons. The highest BCUT2D eigenvalue weighted by molar-refractivity contribution is 5.80. The van der Waals surface area contributed by atoms with E-state index in [-0.39, 0.29) is 30.2 Å². The zero-order valence-electron chi connectivity index (χ0n) is 13.9. The molecule has 1 heterocycles. The van der Waals surface area contributed by atoms with E-state index in [2.05, 4.69) is 5.32 Å². The van der Waals surface area contributed by atoms with Gasteiger partial charge >= 0.3 is 0 Å². The number of nitrogens with one attached hydrogen (secondary N) is 1. The fourth-order valence-corrected chi connectivity index (χ4v) is 3.57. The fourth-order valence-electron chi connectivity index (χ4n) is 3.57. The maximum atomic E-state index is 12.4. The van der Waals surface area contributed by atoms with Crippen molar-refractivity contribution in [1.82, 2.24) is 10.2 Å². The summed E-state index contributed by atoms with van der Waals surface area (Å²) in [6.07, 6.45) is 6.37. The number of hydrogen-bond acceptors (Lipinski definition) is 3. The summed E-state index contributed by atoms with van der Waals surface area (Å²) in [4.78, 5) is 26.2. The molecule has 2 N–H and O–H groups in total. The molecular weight excluding hydrogens is 280 g/mol. The van der Waals surface area contributed by atoms with Crippen LogP contribution in [0, 0.1) is 5.92 Å². The van der Waals surface area contributed by atoms with E-state index in [0.717, 1.165) is 44.9 Å². The largest absolute Gasteiger partial charge is 0.389 e. The Morgan fingerprint density at radius 1 is 1.18 bits per heavy atom. The molecule has 0 aromatic carbocycles. The van der Waals surface area contributed by atoms with Crippen LogP contribution < -0.4 is 5.32 Å². The topological polar surface area (TPSA) is 69.6 Å². The first-order valence-corrected chi connectivity index (χ1v) is 8.70. The van der Waals surface area contributed by atoms with Crippen molar-refractivity contribution in [2.45, 2.75) is 76.9 Å². The van der Waals surface area contributed by atoms with Crippen LogP contribution in [0.3, 0.4) is 0 Å². The number of likely N-dealkylation sites (tertiary alicyclic amines) is 1. The predicted molar refractivity (Wildman–Crippen MR) is 85.2 cm³/mol. The van der Waals surface area contributed by atoms with Crippen molar-refractivity contribution >= 4 is 11.8 Å². The van der Waals surface area contributed by atoms with Gasteiger partial charge in [0.2, 0.25) is 11.8 Å². The molecule has 5 nitrogen and oxygen atoms in total. The lowest BCUT2D eigenvalue weighted by Gasteiger charge is -2.36. The Hall–Kier alpha value is -1.10. The summed E-state index contributed by atoms with van der Waals surface area (Å²) >= 11 is 0. The lowest BCUT2D eigenvalue weighted by Crippen LogP contribution is -2.46. The Morgan fingerprint density at radius 3 is 2.32 bits per heavy atom. The maximum Gasteiger partial charge on any atom is 0.225 e. The molecule has 0 aromatic heterocycles. The van der Waals surface area contributed by atoms with E-state index in [1.165, 1.54) is 0 Å². The highest BCUT2D eigenvalue weighted by Crippen LogP contribution is 2.32. The highest BCUT2D eigenvalue weighted by atomic mass is 16.3. The number of carbonyl (C=O) groups is 2. The van der Waals surface area contributed by atoms with Crippen molar-refractivity contribution in [3.63, 3.8) is 0 Å². The summed E-state index contributed by atoms with van der Waals surface area (Å²) in [7, 11) is 0. The van der Waals surface area contributed by atoms with E-state index in [1.807, 2.05) is 18.7 Å². The van der Waals surface area contributed by atoms with Crippen molar-refractivity contribution in [2.75, 3.05) is 13.1 Å². The Bertz CT molecular complexity index is 395. The van der Waals surface area contributed by atoms with E-state index in [4.69, 9.17) is 0 Å². The molecule has 2 aliphatic rings. The second-order valence-electron chi connectivity index (χ2n) is 7.28. The van der Waals surface area contributed by atoms with Gasteiger partial charge in [-0.15, -0.1) is 0 Å². The first-order valence-electron chi connectivity index (χ1n) is 8.70. The molecule has 2 fully saturated rings. The molecule has 0 aromatic rings. The summed E-state index contributed by atoms with van der Waals surface area (Å²) < 4.78 is 0. The number of hydrogen-bond donors (Lipinski definition) is 2. The first-order chi connectivity index (χ1) is 10.4. The van der Waals surface area contributed by atoms with Crippen molar-refractivity contribution in [2.24, 2.45) is 5.92 Å². The number of amides is 2. The van der Waals surface area contributed by atoms with Crippen molar-refractivity contribution in [3.8, 4) is 0 Å². The molecule has 2 amide bonds. The van der Waals surface area contributed by atoms with Gasteiger partial charge in [0.25, 0.3) is 0 Å². The fraction of sp³-hybridized carbons (Fsp3) is 0.882. The summed E-state index contributed by atoms with van der Waals surface area (Å²) in [6.45, 7) is 5.18. The van der Waals surface area contributed by atoms with Gasteiger partial charge < -0.3 is 15.3 Å². The number of carbonyl (C=O) groups excluding carboxylic acids is 2. The molecule has 0 atom stereocenters. The predicted octanol–water partition coefficient (Wildman–Crippen LogP) is 1.83. The van der Waals surface area contributed by atoms with E-state index in [0.29, 0.717) is 13.1 Å². The smallest absolute Gasteiger partial charge is 0.225 e. The summed E-state index contributed by atoms with van der Waals surface area (Å²) in [6, 6.07) is 0.160. The Morgan fingerprint density at radius 2 is 1.77 bits per heavy atom. The number of aliphatic hydroxyl groups is 1. The summed E-state index contributed by atoms with van der Waals surface area (Å²) in [5.74, 6) is 0.171. The van der Waals surface area contributed by atoms with Gasteiger partial charge in [-0.1, -0.05) is 19.3 Å². The molecule has 0 spiro atoms. The van der Waals surface area contributed by atoms with Crippen LogP contribution >= 0.6 is 0 Å². The second-order valence-corrected chi connectivity index (χ2v) is 7.28. The van der Waals surface area contributed by atoms with Crippen LogP contribution in [0.4, 0.5) is 0 Å². The van der Waals surface area contributed by atoms with Crippen molar-refractivity contribution in [3.05, 3.63) is 0 Å². The molecule has 22 heavy (non-hydrogen) atoms. The molecule has 1 aliphatic heterocycles. The van der Waals surface area contributed by atoms with E-state index in [9.17, 15) is 14.7 Å². The molecular formula is C17H30N2O3. The second kappa shape index (κ2) is 7.44. The average molecular weight is 310 g/mol. The molecule has 5 heteroatoms. The number of nitrogens with zero attached hydrogens (tertiary/aromatic N) is 1. The quantitative estimate of drug-likeness (QED) is 0.832. The lowest BCUT2D eigenvalue weighted by atomic mass is 9.82. The van der Waals surface area contributed by atoms with Gasteiger partial charge in [-0.05, 0) is 39.5 Å². The van der Waals surface area contributed by atoms with Gasteiger partial charge in [0.1, 0.15) is 0 Å². The van der Waals surface area contributed by atoms with Crippen LogP contribution in [0.25, 0.3) is 0 Å². The summed E-state index contributed by atoms with van der Waals surface area (Å²) in [5, 5.41) is 13.4. The first kappa shape index (κ1) is 17.3. The van der Waals surface area contributed by atoms with Crippen LogP contribution in [0.2, 0.25) is 0 Å².